The minimum atomic E-state index is -0.297. The number of ether oxygens (including phenoxy) is 1. The molecule has 0 fully saturated rings. The van der Waals surface area contributed by atoms with Crippen LogP contribution in [0.2, 0.25) is 0 Å². The van der Waals surface area contributed by atoms with Crippen LogP contribution in [0.5, 0.6) is 11.5 Å². The van der Waals surface area contributed by atoms with E-state index in [1.54, 1.807) is 17.5 Å². The summed E-state index contributed by atoms with van der Waals surface area (Å²) in [4.78, 5) is 15.6. The van der Waals surface area contributed by atoms with Crippen molar-refractivity contribution in [3.05, 3.63) is 34.8 Å². The second-order valence-corrected chi connectivity index (χ2v) is 4.97. The van der Waals surface area contributed by atoms with Gasteiger partial charge in [0, 0.05) is 5.38 Å². The van der Waals surface area contributed by atoms with Crippen molar-refractivity contribution in [2.45, 2.75) is 6.42 Å². The molecule has 0 aliphatic carbocycles. The molecule has 110 valence electrons. The summed E-state index contributed by atoms with van der Waals surface area (Å²) in [6.45, 7) is 0. The van der Waals surface area contributed by atoms with Crippen LogP contribution in [-0.2, 0) is 11.2 Å². The number of hydrazone groups is 1. The van der Waals surface area contributed by atoms with Gasteiger partial charge in [0.2, 0.25) is 5.91 Å². The maximum absolute atomic E-state index is 11.6. The van der Waals surface area contributed by atoms with Crippen molar-refractivity contribution < 1.29 is 14.6 Å². The molecular formula is C13H14N4O3S. The maximum Gasteiger partial charge on any atom is 0.246 e. The largest absolute Gasteiger partial charge is 0.504 e. The van der Waals surface area contributed by atoms with Gasteiger partial charge in [0.15, 0.2) is 16.6 Å². The first-order valence-electron chi connectivity index (χ1n) is 5.97. The van der Waals surface area contributed by atoms with Gasteiger partial charge >= 0.3 is 0 Å². The Morgan fingerprint density at radius 3 is 3.05 bits per heavy atom. The zero-order valence-electron chi connectivity index (χ0n) is 11.2. The molecule has 2 aromatic rings. The summed E-state index contributed by atoms with van der Waals surface area (Å²) < 4.78 is 4.93. The van der Waals surface area contributed by atoms with E-state index >= 15 is 0 Å². The number of hydrogen-bond donors (Lipinski definition) is 3. The smallest absolute Gasteiger partial charge is 0.246 e. The van der Waals surface area contributed by atoms with Gasteiger partial charge in [-0.05, 0) is 23.8 Å². The second-order valence-electron chi connectivity index (χ2n) is 4.08. The third-order valence-corrected chi connectivity index (χ3v) is 3.24. The second kappa shape index (κ2) is 6.71. The van der Waals surface area contributed by atoms with E-state index in [1.165, 1.54) is 30.7 Å². The number of methoxy groups -OCH3 is 1. The van der Waals surface area contributed by atoms with E-state index < -0.39 is 0 Å². The fraction of sp³-hybridized carbons (Fsp3) is 0.154. The number of carbonyl (C=O) groups excluding carboxylic acids is 1. The third kappa shape index (κ3) is 4.18. The van der Waals surface area contributed by atoms with E-state index in [0.717, 1.165) is 0 Å². The molecule has 0 unspecified atom stereocenters. The molecule has 8 heteroatoms. The SMILES string of the molecule is COc1ccc(/C=N/NC(=O)Cc2csc(N)n2)cc1O. The first-order chi connectivity index (χ1) is 10.1. The number of nitrogen functional groups attached to an aromatic ring is 1. The lowest BCUT2D eigenvalue weighted by Crippen LogP contribution is -2.19. The Balaban J connectivity index is 1.89. The highest BCUT2D eigenvalue weighted by atomic mass is 32.1. The van der Waals surface area contributed by atoms with Crippen molar-refractivity contribution >= 4 is 28.6 Å². The lowest BCUT2D eigenvalue weighted by Gasteiger charge is -2.03. The number of phenols is 1. The van der Waals surface area contributed by atoms with Crippen LogP contribution in [-0.4, -0.2) is 29.3 Å². The van der Waals surface area contributed by atoms with Gasteiger partial charge < -0.3 is 15.6 Å². The quantitative estimate of drug-likeness (QED) is 0.566. The monoisotopic (exact) mass is 306 g/mol. The average molecular weight is 306 g/mol. The predicted molar refractivity (Wildman–Crippen MR) is 80.6 cm³/mol. The minimum Gasteiger partial charge on any atom is -0.504 e. The van der Waals surface area contributed by atoms with E-state index in [1.807, 2.05) is 0 Å². The molecule has 7 nitrogen and oxygen atoms in total. The fourth-order valence-corrected chi connectivity index (χ4v) is 2.14. The predicted octanol–water partition coefficient (Wildman–Crippen LogP) is 1.13. The van der Waals surface area contributed by atoms with Gasteiger partial charge in [-0.3, -0.25) is 4.79 Å². The van der Waals surface area contributed by atoms with E-state index in [-0.39, 0.29) is 18.1 Å². The molecular weight excluding hydrogens is 292 g/mol. The number of nitrogens with two attached hydrogens (primary N) is 1. The van der Waals surface area contributed by atoms with Crippen LogP contribution in [0, 0.1) is 0 Å². The lowest BCUT2D eigenvalue weighted by molar-refractivity contribution is -0.120. The van der Waals surface area contributed by atoms with Gasteiger partial charge in [-0.1, -0.05) is 0 Å². The Hall–Kier alpha value is -2.61. The number of nitrogens with one attached hydrogen (secondary N) is 1. The number of benzene rings is 1. The van der Waals surface area contributed by atoms with Crippen molar-refractivity contribution in [2.75, 3.05) is 12.8 Å². The summed E-state index contributed by atoms with van der Waals surface area (Å²) in [5, 5.41) is 15.6. The highest BCUT2D eigenvalue weighted by Gasteiger charge is 2.05. The standard InChI is InChI=1S/C13H14N4O3S/c1-20-11-3-2-8(4-10(11)18)6-15-17-12(19)5-9-7-21-13(14)16-9/h2-4,6-7,18H,5H2,1H3,(H2,14,16)(H,17,19)/b15-6+. The number of hydrogen-bond acceptors (Lipinski definition) is 7. The summed E-state index contributed by atoms with van der Waals surface area (Å²) in [7, 11) is 1.47. The first kappa shape index (κ1) is 14.8. The molecule has 0 radical (unpaired) electrons. The molecule has 0 aliphatic heterocycles. The van der Waals surface area contributed by atoms with Crippen LogP contribution < -0.4 is 15.9 Å². The molecule has 2 rings (SSSR count). The zero-order chi connectivity index (χ0) is 15.2. The highest BCUT2D eigenvalue weighted by molar-refractivity contribution is 7.13. The molecule has 0 atom stereocenters. The molecule has 1 heterocycles. The number of aromatic hydroxyl groups is 1. The van der Waals surface area contributed by atoms with Crippen molar-refractivity contribution in [2.24, 2.45) is 5.10 Å². The van der Waals surface area contributed by atoms with E-state index in [2.05, 4.69) is 15.5 Å². The maximum atomic E-state index is 11.6. The molecule has 0 saturated heterocycles. The number of rotatable bonds is 5. The summed E-state index contributed by atoms with van der Waals surface area (Å²) in [6.07, 6.45) is 1.53. The Morgan fingerprint density at radius 2 is 2.43 bits per heavy atom. The number of carbonyl (C=O) groups is 1. The minimum absolute atomic E-state index is 0.00530. The van der Waals surface area contributed by atoms with Crippen molar-refractivity contribution in [1.29, 1.82) is 0 Å². The highest BCUT2D eigenvalue weighted by Crippen LogP contribution is 2.25. The van der Waals surface area contributed by atoms with Crippen LogP contribution in [0.15, 0.2) is 28.7 Å². The molecule has 21 heavy (non-hydrogen) atoms. The van der Waals surface area contributed by atoms with E-state index in [4.69, 9.17) is 10.5 Å². The van der Waals surface area contributed by atoms with Crippen molar-refractivity contribution in [3.8, 4) is 11.5 Å². The van der Waals surface area contributed by atoms with Crippen LogP contribution in [0.4, 0.5) is 5.13 Å². The normalized spacial score (nSPS) is 10.7. The molecule has 0 saturated carbocycles. The molecule has 4 N–H and O–H groups in total. The summed E-state index contributed by atoms with van der Waals surface area (Å²) in [5.74, 6) is 0.0808. The van der Waals surface area contributed by atoms with Crippen LogP contribution >= 0.6 is 11.3 Å². The van der Waals surface area contributed by atoms with Gasteiger partial charge in [-0.15, -0.1) is 11.3 Å². The number of anilines is 1. The van der Waals surface area contributed by atoms with Crippen LogP contribution in [0.3, 0.4) is 0 Å². The van der Waals surface area contributed by atoms with Crippen LogP contribution in [0.1, 0.15) is 11.3 Å². The topological polar surface area (TPSA) is 110 Å². The van der Waals surface area contributed by atoms with Gasteiger partial charge in [0.05, 0.1) is 25.4 Å². The van der Waals surface area contributed by atoms with Crippen LogP contribution in [0.25, 0.3) is 0 Å². The number of aromatic nitrogens is 1. The Labute approximate surface area is 125 Å². The zero-order valence-corrected chi connectivity index (χ0v) is 12.1. The van der Waals surface area contributed by atoms with Crippen molar-refractivity contribution in [3.63, 3.8) is 0 Å². The van der Waals surface area contributed by atoms with Gasteiger partial charge in [0.25, 0.3) is 0 Å². The number of amides is 1. The third-order valence-electron chi connectivity index (χ3n) is 2.52. The summed E-state index contributed by atoms with van der Waals surface area (Å²) in [5.41, 5.74) is 9.09. The van der Waals surface area contributed by atoms with Gasteiger partial charge in [-0.25, -0.2) is 10.4 Å². The number of thiazole rings is 1. The molecule has 1 aromatic heterocycles. The molecule has 1 amide bonds. The average Bonchev–Trinajstić information content (AvgIpc) is 2.84. The van der Waals surface area contributed by atoms with Gasteiger partial charge in [-0.2, -0.15) is 5.10 Å². The molecule has 0 spiro atoms. The van der Waals surface area contributed by atoms with Gasteiger partial charge in [0.1, 0.15) is 0 Å². The number of phenolic OH excluding ortho intramolecular Hbond substituents is 1. The number of nitrogens with zero attached hydrogens (tertiary/aromatic N) is 2. The Bertz CT molecular complexity index is 669. The van der Waals surface area contributed by atoms with Crippen molar-refractivity contribution in [1.82, 2.24) is 10.4 Å². The molecule has 0 aliphatic rings. The van der Waals surface area contributed by atoms with E-state index in [9.17, 15) is 9.90 Å². The Morgan fingerprint density at radius 1 is 1.62 bits per heavy atom. The lowest BCUT2D eigenvalue weighted by atomic mass is 10.2. The summed E-state index contributed by atoms with van der Waals surface area (Å²) in [6, 6.07) is 4.79. The fourth-order valence-electron chi connectivity index (χ4n) is 1.57. The first-order valence-corrected chi connectivity index (χ1v) is 6.85. The molecule has 0 bridgehead atoms. The van der Waals surface area contributed by atoms with E-state index in [0.29, 0.717) is 22.1 Å². The summed E-state index contributed by atoms with van der Waals surface area (Å²) >= 11 is 1.28. The molecule has 1 aromatic carbocycles. The Kier molecular flexibility index (Phi) is 4.72.